The third-order valence-corrected chi connectivity index (χ3v) is 5.47. The number of likely N-dealkylation sites (N-methyl/N-ethyl adjacent to an activating group) is 1. The molecule has 1 amide bonds. The summed E-state index contributed by atoms with van der Waals surface area (Å²) >= 11 is 0. The average molecular weight is 367 g/mol. The zero-order valence-electron chi connectivity index (χ0n) is 15.5. The molecule has 0 aliphatic carbocycles. The van der Waals surface area contributed by atoms with Crippen molar-refractivity contribution in [3.63, 3.8) is 0 Å². The van der Waals surface area contributed by atoms with Crippen molar-refractivity contribution in [1.82, 2.24) is 19.8 Å². The van der Waals surface area contributed by atoms with Gasteiger partial charge in [-0.25, -0.2) is 9.97 Å². The molecule has 2 aliphatic rings. The molecule has 3 heterocycles. The van der Waals surface area contributed by atoms with E-state index in [1.54, 1.807) is 12.3 Å². The number of likely N-dealkylation sites (tertiary alicyclic amines) is 1. The Labute approximate surface area is 159 Å². The quantitative estimate of drug-likeness (QED) is 0.885. The summed E-state index contributed by atoms with van der Waals surface area (Å²) in [7, 11) is 2.05. The number of rotatable bonds is 4. The molecule has 0 bridgehead atoms. The average Bonchev–Trinajstić information content (AvgIpc) is 3.17. The Morgan fingerprint density at radius 1 is 1.33 bits per heavy atom. The van der Waals surface area contributed by atoms with E-state index in [1.165, 1.54) is 0 Å². The number of nitrogens with two attached hydrogens (primary N) is 1. The number of ether oxygens (including phenoxy) is 1. The van der Waals surface area contributed by atoms with Crippen LogP contribution in [0.4, 0.5) is 5.82 Å². The van der Waals surface area contributed by atoms with E-state index < -0.39 is 0 Å². The molecule has 0 radical (unpaired) electrons. The van der Waals surface area contributed by atoms with Crippen LogP contribution in [0.3, 0.4) is 0 Å². The van der Waals surface area contributed by atoms with Gasteiger partial charge in [-0.15, -0.1) is 0 Å². The van der Waals surface area contributed by atoms with E-state index in [9.17, 15) is 4.79 Å². The largest absolute Gasteiger partial charge is 0.493 e. The summed E-state index contributed by atoms with van der Waals surface area (Å²) in [5.74, 6) is 2.14. The van der Waals surface area contributed by atoms with Crippen molar-refractivity contribution >= 4 is 11.7 Å². The summed E-state index contributed by atoms with van der Waals surface area (Å²) in [6.07, 6.45) is 3.37. The summed E-state index contributed by atoms with van der Waals surface area (Å²) in [5.41, 5.74) is 6.75. The normalized spacial score (nSPS) is 21.8. The Bertz CT molecular complexity index is 828. The monoisotopic (exact) mass is 367 g/mol. The van der Waals surface area contributed by atoms with Crippen molar-refractivity contribution in [1.29, 1.82) is 0 Å². The van der Waals surface area contributed by atoms with Gasteiger partial charge in [0.1, 0.15) is 17.4 Å². The summed E-state index contributed by atoms with van der Waals surface area (Å²) < 4.78 is 5.70. The second kappa shape index (κ2) is 7.52. The Hall–Kier alpha value is -2.67. The highest BCUT2D eigenvalue weighted by molar-refractivity contribution is 5.85. The summed E-state index contributed by atoms with van der Waals surface area (Å²) in [6, 6.07) is 9.86. The van der Waals surface area contributed by atoms with E-state index in [-0.39, 0.29) is 11.8 Å². The third-order valence-electron chi connectivity index (χ3n) is 5.47. The van der Waals surface area contributed by atoms with Gasteiger partial charge in [0, 0.05) is 30.9 Å². The molecule has 0 saturated carbocycles. The lowest BCUT2D eigenvalue weighted by atomic mass is 9.92. The van der Waals surface area contributed by atoms with E-state index in [2.05, 4.69) is 21.9 Å². The Morgan fingerprint density at radius 2 is 2.19 bits per heavy atom. The second-order valence-electron chi connectivity index (χ2n) is 7.27. The highest BCUT2D eigenvalue weighted by Gasteiger charge is 2.35. The number of hydrogen-bond acceptors (Lipinski definition) is 6. The number of anilines is 1. The van der Waals surface area contributed by atoms with Crippen LogP contribution in [0.25, 0.3) is 0 Å². The lowest BCUT2D eigenvalue weighted by Crippen LogP contribution is -2.39. The fourth-order valence-electron chi connectivity index (χ4n) is 3.96. The fourth-order valence-corrected chi connectivity index (χ4v) is 3.96. The summed E-state index contributed by atoms with van der Waals surface area (Å²) in [4.78, 5) is 25.9. The van der Waals surface area contributed by atoms with Gasteiger partial charge in [-0.05, 0) is 32.0 Å². The number of fused-ring (bicyclic) bond motifs is 1. The van der Waals surface area contributed by atoms with Gasteiger partial charge in [0.05, 0.1) is 19.1 Å². The van der Waals surface area contributed by atoms with Crippen molar-refractivity contribution in [2.45, 2.75) is 31.3 Å². The molecular formula is C20H25N5O2. The number of para-hydroxylation sites is 1. The number of benzene rings is 1. The SMILES string of the molecule is CN(Cc1nccc(N)n1)[C@@H]1CCN(C(=O)[C@H]2CCOc3ccccc32)C1. The van der Waals surface area contributed by atoms with Crippen molar-refractivity contribution in [3.05, 3.63) is 47.9 Å². The number of nitrogen functional groups attached to an aromatic ring is 1. The zero-order valence-corrected chi connectivity index (χ0v) is 15.5. The smallest absolute Gasteiger partial charge is 0.230 e. The predicted molar refractivity (Wildman–Crippen MR) is 102 cm³/mol. The third kappa shape index (κ3) is 3.73. The van der Waals surface area contributed by atoms with Crippen molar-refractivity contribution in [2.24, 2.45) is 0 Å². The number of carbonyl (C=O) groups is 1. The first kappa shape index (κ1) is 17.7. The molecule has 1 saturated heterocycles. The van der Waals surface area contributed by atoms with Crippen molar-refractivity contribution in [3.8, 4) is 5.75 Å². The molecular weight excluding hydrogens is 342 g/mol. The number of carbonyl (C=O) groups excluding carboxylic acids is 1. The summed E-state index contributed by atoms with van der Waals surface area (Å²) in [6.45, 7) is 2.73. The van der Waals surface area contributed by atoms with E-state index in [4.69, 9.17) is 10.5 Å². The minimum Gasteiger partial charge on any atom is -0.493 e. The van der Waals surface area contributed by atoms with Crippen LogP contribution in [-0.2, 0) is 11.3 Å². The molecule has 0 spiro atoms. The van der Waals surface area contributed by atoms with E-state index in [1.807, 2.05) is 29.2 Å². The Balaban J connectivity index is 1.40. The van der Waals surface area contributed by atoms with Gasteiger partial charge < -0.3 is 15.4 Å². The zero-order chi connectivity index (χ0) is 18.8. The maximum absolute atomic E-state index is 13.1. The highest BCUT2D eigenvalue weighted by atomic mass is 16.5. The minimum atomic E-state index is -0.101. The standard InChI is InChI=1S/C20H25N5O2/c1-24(13-19-22-9-6-18(21)23-19)14-7-10-25(12-14)20(26)16-8-11-27-17-5-3-2-4-15(16)17/h2-6,9,14,16H,7-8,10-13H2,1H3,(H2,21,22,23)/t14-,16+/m1/s1. The van der Waals surface area contributed by atoms with Crippen molar-refractivity contribution < 1.29 is 9.53 Å². The molecule has 142 valence electrons. The maximum atomic E-state index is 13.1. The maximum Gasteiger partial charge on any atom is 0.230 e. The molecule has 1 aromatic heterocycles. The minimum absolute atomic E-state index is 0.101. The van der Waals surface area contributed by atoms with Gasteiger partial charge in [0.15, 0.2) is 0 Å². The van der Waals surface area contributed by atoms with Gasteiger partial charge in [-0.2, -0.15) is 0 Å². The molecule has 2 aromatic rings. The first-order chi connectivity index (χ1) is 13.1. The molecule has 0 unspecified atom stereocenters. The number of amides is 1. The number of aromatic nitrogens is 2. The van der Waals surface area contributed by atoms with Crippen LogP contribution in [0.2, 0.25) is 0 Å². The lowest BCUT2D eigenvalue weighted by Gasteiger charge is -2.29. The first-order valence-electron chi connectivity index (χ1n) is 9.40. The van der Waals surface area contributed by atoms with Gasteiger partial charge >= 0.3 is 0 Å². The van der Waals surface area contributed by atoms with Crippen LogP contribution in [0, 0.1) is 0 Å². The molecule has 2 N–H and O–H groups in total. The topological polar surface area (TPSA) is 84.6 Å². The van der Waals surface area contributed by atoms with E-state index in [0.29, 0.717) is 30.8 Å². The molecule has 4 rings (SSSR count). The lowest BCUT2D eigenvalue weighted by molar-refractivity contribution is -0.132. The highest BCUT2D eigenvalue weighted by Crippen LogP contribution is 2.35. The molecule has 7 heteroatoms. The molecule has 2 atom stereocenters. The summed E-state index contributed by atoms with van der Waals surface area (Å²) in [5, 5.41) is 0. The number of hydrogen-bond donors (Lipinski definition) is 1. The molecule has 7 nitrogen and oxygen atoms in total. The van der Waals surface area contributed by atoms with Crippen LogP contribution >= 0.6 is 0 Å². The van der Waals surface area contributed by atoms with Crippen LogP contribution in [0.15, 0.2) is 36.5 Å². The number of nitrogens with zero attached hydrogens (tertiary/aromatic N) is 4. The van der Waals surface area contributed by atoms with Gasteiger partial charge in [-0.1, -0.05) is 18.2 Å². The first-order valence-corrected chi connectivity index (χ1v) is 9.40. The van der Waals surface area contributed by atoms with E-state index >= 15 is 0 Å². The molecule has 2 aliphatic heterocycles. The fraction of sp³-hybridized carbons (Fsp3) is 0.450. The van der Waals surface area contributed by atoms with Crippen LogP contribution in [-0.4, -0.2) is 58.5 Å². The molecule has 1 fully saturated rings. The van der Waals surface area contributed by atoms with Gasteiger partial charge in [-0.3, -0.25) is 9.69 Å². The molecule has 1 aromatic carbocycles. The van der Waals surface area contributed by atoms with Crippen LogP contribution < -0.4 is 10.5 Å². The Kier molecular flexibility index (Phi) is 4.94. The molecule has 27 heavy (non-hydrogen) atoms. The van der Waals surface area contributed by atoms with Crippen molar-refractivity contribution in [2.75, 3.05) is 32.5 Å². The van der Waals surface area contributed by atoms with Crippen LogP contribution in [0.5, 0.6) is 5.75 Å². The van der Waals surface area contributed by atoms with Crippen LogP contribution in [0.1, 0.15) is 30.1 Å². The second-order valence-corrected chi connectivity index (χ2v) is 7.27. The van der Waals surface area contributed by atoms with E-state index in [0.717, 1.165) is 37.2 Å². The van der Waals surface area contributed by atoms with Gasteiger partial charge in [0.2, 0.25) is 5.91 Å². The predicted octanol–water partition coefficient (Wildman–Crippen LogP) is 1.66. The van der Waals surface area contributed by atoms with Gasteiger partial charge in [0.25, 0.3) is 0 Å². The Morgan fingerprint density at radius 3 is 3.04 bits per heavy atom.